The molecule has 4 aromatic carbocycles. The molecule has 0 bridgehead atoms. The molecule has 0 saturated carbocycles. The van der Waals surface area contributed by atoms with Gasteiger partial charge in [-0.25, -0.2) is 4.99 Å². The zero-order valence-corrected chi connectivity index (χ0v) is 23.7. The molecule has 6 heteroatoms. The highest BCUT2D eigenvalue weighted by atomic mass is 32.2. The predicted octanol–water partition coefficient (Wildman–Crippen LogP) is 7.46. The maximum absolute atomic E-state index is 12.9. The summed E-state index contributed by atoms with van der Waals surface area (Å²) < 4.78 is 5.26. The van der Waals surface area contributed by atoms with E-state index in [9.17, 15) is 4.79 Å². The molecule has 3 aliphatic rings. The largest absolute Gasteiger partial charge is 0.497 e. The molecule has 0 spiro atoms. The van der Waals surface area contributed by atoms with Crippen molar-refractivity contribution in [3.05, 3.63) is 130 Å². The average Bonchev–Trinajstić information content (AvgIpc) is 3.36. The predicted molar refractivity (Wildman–Crippen MR) is 168 cm³/mol. The van der Waals surface area contributed by atoms with Gasteiger partial charge in [0.1, 0.15) is 5.75 Å². The van der Waals surface area contributed by atoms with E-state index in [4.69, 9.17) is 9.73 Å². The molecule has 3 aliphatic heterocycles. The summed E-state index contributed by atoms with van der Waals surface area (Å²) in [6, 6.07) is 33.8. The van der Waals surface area contributed by atoms with Crippen LogP contribution in [0, 0.1) is 0 Å². The van der Waals surface area contributed by atoms with Crippen molar-refractivity contribution in [2.24, 2.45) is 4.99 Å². The second-order valence-corrected chi connectivity index (χ2v) is 11.7. The minimum Gasteiger partial charge on any atom is -0.497 e. The van der Waals surface area contributed by atoms with Crippen molar-refractivity contribution in [1.29, 1.82) is 0 Å². The first kappa shape index (κ1) is 25.7. The molecule has 0 aromatic heterocycles. The van der Waals surface area contributed by atoms with Crippen LogP contribution in [0.1, 0.15) is 52.5 Å². The van der Waals surface area contributed by atoms with Gasteiger partial charge in [0.15, 0.2) is 5.17 Å². The lowest BCUT2D eigenvalue weighted by Crippen LogP contribution is -2.37. The van der Waals surface area contributed by atoms with Crippen molar-refractivity contribution in [3.63, 3.8) is 0 Å². The van der Waals surface area contributed by atoms with Crippen molar-refractivity contribution in [3.8, 4) is 5.75 Å². The normalized spacial score (nSPS) is 21.6. The second-order valence-electron chi connectivity index (χ2n) is 10.7. The highest BCUT2D eigenvalue weighted by Crippen LogP contribution is 2.50. The fourth-order valence-corrected chi connectivity index (χ4v) is 7.20. The molecular weight excluding hydrogens is 526 g/mol. The summed E-state index contributed by atoms with van der Waals surface area (Å²) in [5.74, 6) is 1.29. The fourth-order valence-electron chi connectivity index (χ4n) is 6.35. The van der Waals surface area contributed by atoms with Gasteiger partial charge in [0.05, 0.1) is 17.7 Å². The van der Waals surface area contributed by atoms with E-state index in [1.807, 2.05) is 30.3 Å². The van der Waals surface area contributed by atoms with E-state index in [0.717, 1.165) is 42.9 Å². The molecule has 1 saturated heterocycles. The Hall–Kier alpha value is -4.29. The molecule has 41 heavy (non-hydrogen) atoms. The van der Waals surface area contributed by atoms with Crippen LogP contribution < -0.4 is 15.0 Å². The number of aliphatic imine (C=N–C) groups is 1. The number of anilines is 1. The number of thioether (sulfide) groups is 1. The summed E-state index contributed by atoms with van der Waals surface area (Å²) in [5, 5.41) is 3.60. The molecule has 0 radical (unpaired) electrons. The number of rotatable bonds is 5. The number of hydrogen-bond acceptors (Lipinski definition) is 5. The van der Waals surface area contributed by atoms with Crippen LogP contribution in [-0.4, -0.2) is 31.3 Å². The molecule has 5 nitrogen and oxygen atoms in total. The summed E-state index contributed by atoms with van der Waals surface area (Å²) in [7, 11) is 1.65. The molecular formula is C35H31N3O2S. The lowest BCUT2D eigenvalue weighted by Gasteiger charge is -2.43. The van der Waals surface area contributed by atoms with Crippen molar-refractivity contribution in [2.75, 3.05) is 25.1 Å². The lowest BCUT2D eigenvalue weighted by molar-refractivity contribution is -0.115. The summed E-state index contributed by atoms with van der Waals surface area (Å²) in [5.41, 5.74) is 8.56. The van der Waals surface area contributed by atoms with Crippen LogP contribution >= 0.6 is 11.8 Å². The van der Waals surface area contributed by atoms with Gasteiger partial charge in [-0.2, -0.15) is 0 Å². The molecule has 7 rings (SSSR count). The quantitative estimate of drug-likeness (QED) is 0.259. The van der Waals surface area contributed by atoms with Gasteiger partial charge in [-0.1, -0.05) is 72.8 Å². The molecule has 1 N–H and O–H groups in total. The van der Waals surface area contributed by atoms with E-state index in [1.54, 1.807) is 7.11 Å². The molecule has 4 aromatic rings. The van der Waals surface area contributed by atoms with Crippen molar-refractivity contribution < 1.29 is 9.53 Å². The van der Waals surface area contributed by atoms with Gasteiger partial charge < -0.3 is 15.0 Å². The van der Waals surface area contributed by atoms with Crippen LogP contribution in [0.2, 0.25) is 0 Å². The highest BCUT2D eigenvalue weighted by molar-refractivity contribution is 8.18. The molecule has 1 fully saturated rings. The zero-order chi connectivity index (χ0) is 27.8. The van der Waals surface area contributed by atoms with E-state index in [2.05, 4.69) is 83.0 Å². The minimum absolute atomic E-state index is 0.126. The smallest absolute Gasteiger partial charge is 0.264 e. The number of carbonyl (C=O) groups is 1. The number of carbonyl (C=O) groups excluding carboxylic acids is 1. The Morgan fingerprint density at radius 3 is 2.00 bits per heavy atom. The molecule has 0 aliphatic carbocycles. The van der Waals surface area contributed by atoms with Gasteiger partial charge in [-0.05, 0) is 82.8 Å². The molecule has 3 heterocycles. The van der Waals surface area contributed by atoms with E-state index in [1.165, 1.54) is 39.7 Å². The van der Waals surface area contributed by atoms with Gasteiger partial charge in [0.2, 0.25) is 0 Å². The number of nitrogens with one attached hydrogen (secondary N) is 1. The Morgan fingerprint density at radius 1 is 0.854 bits per heavy atom. The zero-order valence-electron chi connectivity index (χ0n) is 22.9. The van der Waals surface area contributed by atoms with Gasteiger partial charge >= 0.3 is 0 Å². The number of amidine groups is 1. The number of nitrogens with zero attached hydrogens (tertiary/aromatic N) is 2. The summed E-state index contributed by atoms with van der Waals surface area (Å²) in [6.45, 7) is 2.11. The summed E-state index contributed by atoms with van der Waals surface area (Å²) in [4.78, 5) is 21.1. The van der Waals surface area contributed by atoms with Crippen molar-refractivity contribution >= 4 is 40.3 Å². The Balaban J connectivity index is 1.29. The SMILES string of the molecule is COc1ccc(/C=C2\SC(=Nc3cc4c5c(c3)[C@@H](c3ccccc3)CCN5CC[C@@H]4c3ccccc3)NC2=O)cc1. The first-order chi connectivity index (χ1) is 20.2. The monoisotopic (exact) mass is 557 g/mol. The van der Waals surface area contributed by atoms with Gasteiger partial charge in [-0.15, -0.1) is 0 Å². The second kappa shape index (κ2) is 10.9. The topological polar surface area (TPSA) is 53.9 Å². The molecule has 2 atom stereocenters. The van der Waals surface area contributed by atoms with Crippen LogP contribution in [0.4, 0.5) is 11.4 Å². The van der Waals surface area contributed by atoms with Crippen LogP contribution in [0.15, 0.2) is 107 Å². The van der Waals surface area contributed by atoms with Crippen molar-refractivity contribution in [2.45, 2.75) is 24.7 Å². The molecule has 0 unspecified atom stereocenters. The Morgan fingerprint density at radius 2 is 1.44 bits per heavy atom. The number of hydrogen-bond donors (Lipinski definition) is 1. The van der Waals surface area contributed by atoms with Crippen LogP contribution in [0.5, 0.6) is 5.75 Å². The first-order valence-electron chi connectivity index (χ1n) is 14.1. The van der Waals surface area contributed by atoms with E-state index >= 15 is 0 Å². The van der Waals surface area contributed by atoms with E-state index < -0.39 is 0 Å². The Labute approximate surface area is 245 Å². The number of ether oxygens (including phenoxy) is 1. The minimum atomic E-state index is -0.126. The summed E-state index contributed by atoms with van der Waals surface area (Å²) >= 11 is 1.39. The van der Waals surface area contributed by atoms with Gasteiger partial charge in [-0.3, -0.25) is 4.79 Å². The summed E-state index contributed by atoms with van der Waals surface area (Å²) in [6.07, 6.45) is 4.05. The van der Waals surface area contributed by atoms with Gasteiger partial charge in [0, 0.05) is 30.6 Å². The number of benzene rings is 4. The third-order valence-electron chi connectivity index (χ3n) is 8.30. The Kier molecular flexibility index (Phi) is 6.85. The highest BCUT2D eigenvalue weighted by Gasteiger charge is 2.35. The van der Waals surface area contributed by atoms with Crippen LogP contribution in [0.25, 0.3) is 6.08 Å². The average molecular weight is 558 g/mol. The maximum atomic E-state index is 12.9. The Bertz CT molecular complexity index is 1580. The third-order valence-corrected chi connectivity index (χ3v) is 9.20. The van der Waals surface area contributed by atoms with Crippen LogP contribution in [-0.2, 0) is 4.79 Å². The standard InChI is InChI=1S/C35H31N3O2S/c1-40-27-14-12-23(13-15-27)20-32-34(39)37-35(41-32)36-26-21-30-28(24-8-4-2-5-9-24)16-18-38-19-17-29(31(22-26)33(30)38)25-10-6-3-7-11-25/h2-15,20-22,28-29H,16-19H2,1H3,(H,36,37,39)/b32-20-/t28-,29-/m1/s1. The number of methoxy groups -OCH3 is 1. The van der Waals surface area contributed by atoms with E-state index in [0.29, 0.717) is 21.9 Å². The lowest BCUT2D eigenvalue weighted by atomic mass is 9.76. The first-order valence-corrected chi connectivity index (χ1v) is 14.9. The van der Waals surface area contributed by atoms with E-state index in [-0.39, 0.29) is 5.91 Å². The maximum Gasteiger partial charge on any atom is 0.264 e. The fraction of sp³-hybridized carbons (Fsp3) is 0.200. The number of amides is 1. The molecule has 204 valence electrons. The van der Waals surface area contributed by atoms with Gasteiger partial charge in [0.25, 0.3) is 5.91 Å². The van der Waals surface area contributed by atoms with Crippen molar-refractivity contribution in [1.82, 2.24) is 5.32 Å². The molecule has 1 amide bonds. The third kappa shape index (κ3) is 5.04. The van der Waals surface area contributed by atoms with Crippen LogP contribution in [0.3, 0.4) is 0 Å².